The number of aliphatic imine (C=N–C) groups is 1. The fraction of sp³-hybridized carbons (Fsp3) is 0.148. The van der Waals surface area contributed by atoms with Crippen LogP contribution < -0.4 is 4.74 Å². The average Bonchev–Trinajstić information content (AvgIpc) is 3.12. The number of nitrogens with zero attached hydrogens (tertiary/aromatic N) is 2. The van der Waals surface area contributed by atoms with E-state index >= 15 is 0 Å². The average molecular weight is 648 g/mol. The number of thioether (sulfide) groups is 1. The summed E-state index contributed by atoms with van der Waals surface area (Å²) in [5, 5.41) is 0.525. The minimum absolute atomic E-state index is 0.171. The van der Waals surface area contributed by atoms with Gasteiger partial charge in [0, 0.05) is 7.05 Å². The van der Waals surface area contributed by atoms with Gasteiger partial charge in [-0.3, -0.25) is 9.69 Å². The smallest absolute Gasteiger partial charge is 0.338 e. The molecule has 0 saturated carbocycles. The van der Waals surface area contributed by atoms with Crippen molar-refractivity contribution in [2.75, 3.05) is 13.7 Å². The van der Waals surface area contributed by atoms with Gasteiger partial charge in [-0.05, 0) is 116 Å². The Hall–Kier alpha value is -2.95. The van der Waals surface area contributed by atoms with Crippen molar-refractivity contribution in [1.29, 1.82) is 0 Å². The number of benzene rings is 3. The number of carbonyl (C=O) groups is 2. The minimum Gasteiger partial charge on any atom is -0.487 e. The van der Waals surface area contributed by atoms with Gasteiger partial charge >= 0.3 is 5.97 Å². The fourth-order valence-corrected chi connectivity index (χ4v) is 5.77. The van der Waals surface area contributed by atoms with Gasteiger partial charge in [-0.1, -0.05) is 12.1 Å². The Morgan fingerprint density at radius 3 is 2.35 bits per heavy atom. The zero-order valence-corrected chi connectivity index (χ0v) is 23.8. The van der Waals surface area contributed by atoms with Gasteiger partial charge in [0.2, 0.25) is 0 Å². The summed E-state index contributed by atoms with van der Waals surface area (Å²) in [5.74, 6) is -0.259. The van der Waals surface area contributed by atoms with E-state index in [9.17, 15) is 14.0 Å². The number of rotatable bonds is 7. The fourth-order valence-electron chi connectivity index (χ4n) is 3.34. The zero-order valence-electron chi connectivity index (χ0n) is 19.8. The summed E-state index contributed by atoms with van der Waals surface area (Å²) in [6, 6.07) is 16.5. The lowest BCUT2D eigenvalue weighted by molar-refractivity contribution is -0.121. The molecule has 0 spiro atoms. The van der Waals surface area contributed by atoms with Crippen molar-refractivity contribution in [3.05, 3.63) is 97.0 Å². The lowest BCUT2D eigenvalue weighted by Crippen LogP contribution is -2.23. The molecule has 0 aromatic heterocycles. The second kappa shape index (κ2) is 12.1. The molecule has 0 N–H and O–H groups in total. The number of ether oxygens (including phenoxy) is 2. The van der Waals surface area contributed by atoms with Crippen molar-refractivity contribution in [1.82, 2.24) is 4.90 Å². The lowest BCUT2D eigenvalue weighted by Gasteiger charge is -2.11. The largest absolute Gasteiger partial charge is 0.487 e. The third kappa shape index (κ3) is 6.68. The summed E-state index contributed by atoms with van der Waals surface area (Å²) in [6.07, 6.45) is 1.79. The topological polar surface area (TPSA) is 68.2 Å². The molecular formula is C27H21Br2FN2O4S. The molecule has 6 nitrogen and oxygen atoms in total. The van der Waals surface area contributed by atoms with Crippen LogP contribution in [0.4, 0.5) is 10.1 Å². The Morgan fingerprint density at radius 2 is 1.73 bits per heavy atom. The SMILES string of the molecule is CCOC(=O)c1ccc(N=C2SC(=Cc3cc(Br)c(OCc4ccc(F)cc4)c(Br)c3)C(=O)N2C)cc1. The maximum Gasteiger partial charge on any atom is 0.338 e. The quantitative estimate of drug-likeness (QED) is 0.198. The normalized spacial score (nSPS) is 15.5. The molecule has 4 rings (SSSR count). The highest BCUT2D eigenvalue weighted by atomic mass is 79.9. The number of hydrogen-bond acceptors (Lipinski definition) is 6. The van der Waals surface area contributed by atoms with Crippen LogP contribution in [0.3, 0.4) is 0 Å². The van der Waals surface area contributed by atoms with E-state index in [4.69, 9.17) is 9.47 Å². The summed E-state index contributed by atoms with van der Waals surface area (Å²) in [5.41, 5.74) is 2.68. The van der Waals surface area contributed by atoms with Crippen LogP contribution in [0.1, 0.15) is 28.4 Å². The highest BCUT2D eigenvalue weighted by Crippen LogP contribution is 2.38. The zero-order chi connectivity index (χ0) is 26.5. The van der Waals surface area contributed by atoms with Crippen LogP contribution in [0.2, 0.25) is 0 Å². The van der Waals surface area contributed by atoms with E-state index in [0.717, 1.165) is 11.1 Å². The molecular weight excluding hydrogens is 627 g/mol. The number of carbonyl (C=O) groups excluding carboxylic acids is 2. The van der Waals surface area contributed by atoms with Crippen molar-refractivity contribution in [3.63, 3.8) is 0 Å². The number of esters is 1. The molecule has 0 atom stereocenters. The molecule has 190 valence electrons. The van der Waals surface area contributed by atoms with Crippen LogP contribution >= 0.6 is 43.6 Å². The first kappa shape index (κ1) is 27.1. The third-order valence-corrected chi connectivity index (χ3v) is 7.46. The van der Waals surface area contributed by atoms with Crippen molar-refractivity contribution in [2.24, 2.45) is 4.99 Å². The predicted molar refractivity (Wildman–Crippen MR) is 150 cm³/mol. The summed E-state index contributed by atoms with van der Waals surface area (Å²) >= 11 is 8.34. The number of likely N-dealkylation sites (N-methyl/N-ethyl adjacent to an activating group) is 1. The molecule has 0 radical (unpaired) electrons. The monoisotopic (exact) mass is 646 g/mol. The van der Waals surface area contributed by atoms with E-state index < -0.39 is 5.97 Å². The van der Waals surface area contributed by atoms with Crippen LogP contribution in [-0.4, -0.2) is 35.6 Å². The molecule has 1 saturated heterocycles. The van der Waals surface area contributed by atoms with Gasteiger partial charge in [-0.2, -0.15) is 0 Å². The molecule has 1 heterocycles. The van der Waals surface area contributed by atoms with Crippen LogP contribution in [0.5, 0.6) is 5.75 Å². The van der Waals surface area contributed by atoms with Crippen LogP contribution in [0.15, 0.2) is 79.5 Å². The van der Waals surface area contributed by atoms with Gasteiger partial charge in [0.15, 0.2) is 5.17 Å². The van der Waals surface area contributed by atoms with Crippen molar-refractivity contribution < 1.29 is 23.5 Å². The summed E-state index contributed by atoms with van der Waals surface area (Å²) in [7, 11) is 1.67. The molecule has 3 aromatic carbocycles. The highest BCUT2D eigenvalue weighted by Gasteiger charge is 2.30. The standard InChI is InChI=1S/C27H21Br2FN2O4S/c1-3-35-26(34)18-6-10-20(11-7-18)31-27-32(2)25(33)23(37-27)14-17-12-21(28)24(22(29)13-17)36-15-16-4-8-19(30)9-5-16/h4-14H,3,15H2,1-2H3. The van der Waals surface area contributed by atoms with Crippen molar-refractivity contribution in [2.45, 2.75) is 13.5 Å². The van der Waals surface area contributed by atoms with Gasteiger partial charge in [0.1, 0.15) is 18.2 Å². The first-order chi connectivity index (χ1) is 17.7. The molecule has 10 heteroatoms. The van der Waals surface area contributed by atoms with Gasteiger partial charge in [-0.15, -0.1) is 0 Å². The number of hydrogen-bond donors (Lipinski definition) is 0. The van der Waals surface area contributed by atoms with Gasteiger partial charge < -0.3 is 9.47 Å². The summed E-state index contributed by atoms with van der Waals surface area (Å²) in [6.45, 7) is 2.33. The molecule has 0 bridgehead atoms. The van der Waals surface area contributed by atoms with Crippen LogP contribution in [0.25, 0.3) is 6.08 Å². The van der Waals surface area contributed by atoms with E-state index in [1.54, 1.807) is 56.4 Å². The molecule has 0 unspecified atom stereocenters. The van der Waals surface area contributed by atoms with Crippen LogP contribution in [0, 0.1) is 5.82 Å². The van der Waals surface area contributed by atoms with E-state index in [1.807, 2.05) is 12.1 Å². The molecule has 0 aliphatic carbocycles. The Balaban J connectivity index is 1.49. The van der Waals surface area contributed by atoms with E-state index in [1.165, 1.54) is 28.8 Å². The van der Waals surface area contributed by atoms with E-state index in [2.05, 4.69) is 36.9 Å². The maximum absolute atomic E-state index is 13.1. The second-order valence-electron chi connectivity index (χ2n) is 7.87. The predicted octanol–water partition coefficient (Wildman–Crippen LogP) is 7.34. The molecule has 1 amide bonds. The van der Waals surface area contributed by atoms with Gasteiger partial charge in [0.05, 0.1) is 31.7 Å². The summed E-state index contributed by atoms with van der Waals surface area (Å²) < 4.78 is 25.4. The Bertz CT molecular complexity index is 1370. The first-order valence-electron chi connectivity index (χ1n) is 11.1. The van der Waals surface area contributed by atoms with E-state index in [0.29, 0.717) is 42.6 Å². The van der Waals surface area contributed by atoms with Gasteiger partial charge in [0.25, 0.3) is 5.91 Å². The molecule has 1 aliphatic heterocycles. The van der Waals surface area contributed by atoms with Crippen LogP contribution in [-0.2, 0) is 16.1 Å². The number of amidine groups is 1. The van der Waals surface area contributed by atoms with E-state index in [-0.39, 0.29) is 18.3 Å². The third-order valence-electron chi connectivity index (χ3n) is 5.22. The Morgan fingerprint density at radius 1 is 1.08 bits per heavy atom. The number of amides is 1. The minimum atomic E-state index is -0.390. The van der Waals surface area contributed by atoms with Crippen molar-refractivity contribution in [3.8, 4) is 5.75 Å². The molecule has 3 aromatic rings. The lowest BCUT2D eigenvalue weighted by atomic mass is 10.2. The maximum atomic E-state index is 13.1. The van der Waals surface area contributed by atoms with Gasteiger partial charge in [-0.25, -0.2) is 14.2 Å². The molecule has 1 aliphatic rings. The molecule has 1 fully saturated rings. The second-order valence-corrected chi connectivity index (χ2v) is 10.6. The highest BCUT2D eigenvalue weighted by molar-refractivity contribution is 9.11. The Kier molecular flexibility index (Phi) is 8.83. The number of halogens is 3. The van der Waals surface area contributed by atoms with Crippen molar-refractivity contribution >= 4 is 72.4 Å². The molecule has 37 heavy (non-hydrogen) atoms. The summed E-state index contributed by atoms with van der Waals surface area (Å²) in [4.78, 5) is 31.3. The Labute approximate surface area is 234 Å². The first-order valence-corrected chi connectivity index (χ1v) is 13.5.